The predicted molar refractivity (Wildman–Crippen MR) is 109 cm³/mol. The van der Waals surface area contributed by atoms with Gasteiger partial charge < -0.3 is 25.2 Å². The fourth-order valence-corrected chi connectivity index (χ4v) is 2.87. The van der Waals surface area contributed by atoms with Gasteiger partial charge in [-0.15, -0.1) is 0 Å². The van der Waals surface area contributed by atoms with Crippen molar-refractivity contribution < 1.29 is 30.0 Å². The smallest absolute Gasteiger partial charge is 0.303 e. The van der Waals surface area contributed by atoms with Crippen molar-refractivity contribution in [1.29, 1.82) is 0 Å². The molecule has 1 aliphatic rings. The largest absolute Gasteiger partial charge is 0.481 e. The van der Waals surface area contributed by atoms with Crippen molar-refractivity contribution in [3.8, 4) is 0 Å². The van der Waals surface area contributed by atoms with Crippen molar-refractivity contribution in [1.82, 2.24) is 0 Å². The first-order chi connectivity index (χ1) is 13.4. The second kappa shape index (κ2) is 14.3. The average molecular weight is 395 g/mol. The maximum Gasteiger partial charge on any atom is 0.303 e. The summed E-state index contributed by atoms with van der Waals surface area (Å²) in [6.07, 6.45) is 15.2. The third-order valence-corrected chi connectivity index (χ3v) is 4.44. The van der Waals surface area contributed by atoms with Gasteiger partial charge in [-0.1, -0.05) is 55.5 Å². The first-order valence-corrected chi connectivity index (χ1v) is 9.98. The van der Waals surface area contributed by atoms with E-state index >= 15 is 0 Å². The van der Waals surface area contributed by atoms with Crippen LogP contribution >= 0.6 is 0 Å². The molecule has 0 unspecified atom stereocenters. The minimum Gasteiger partial charge on any atom is -0.481 e. The topological polar surface area (TPSA) is 107 Å². The highest BCUT2D eigenvalue weighted by molar-refractivity contribution is 5.66. The molecule has 5 atom stereocenters. The summed E-state index contributed by atoms with van der Waals surface area (Å²) in [5.41, 5.74) is 0. The zero-order valence-electron chi connectivity index (χ0n) is 16.6. The monoisotopic (exact) mass is 394 g/mol. The van der Waals surface area contributed by atoms with E-state index in [0.29, 0.717) is 25.7 Å². The summed E-state index contributed by atoms with van der Waals surface area (Å²) in [7, 11) is 0. The van der Waals surface area contributed by atoms with Crippen LogP contribution in [0.4, 0.5) is 0 Å². The Morgan fingerprint density at radius 3 is 2.57 bits per heavy atom. The number of ether oxygens (including phenoxy) is 1. The van der Waals surface area contributed by atoms with Crippen LogP contribution in [-0.2, 0) is 9.53 Å². The molecular formula is C22H34O6. The van der Waals surface area contributed by atoms with Crippen molar-refractivity contribution in [2.24, 2.45) is 0 Å². The maximum absolute atomic E-state index is 10.4. The highest BCUT2D eigenvalue weighted by Crippen LogP contribution is 2.26. The fraction of sp³-hybridized carbons (Fsp3) is 0.591. The highest BCUT2D eigenvalue weighted by atomic mass is 16.5. The van der Waals surface area contributed by atoms with Gasteiger partial charge in [0.15, 0.2) is 0 Å². The zero-order chi connectivity index (χ0) is 20.8. The van der Waals surface area contributed by atoms with E-state index in [2.05, 4.69) is 19.1 Å². The molecule has 1 saturated heterocycles. The highest BCUT2D eigenvalue weighted by Gasteiger charge is 2.36. The standard InChI is InChI=1S/C22H34O6/c1-2-3-4-5-6-9-12-20-19(25)16-21(28-20)18(24)15-14-17(23)11-8-7-10-13-22(26)27/h3-4,6-9,14-15,17-21,23-25H,2,5,10-13,16H2,1H3,(H,26,27)/b4-3-,8-7-,9-6-,15-14+/t17-,18+,19-,20+,21-/m0/s1. The number of rotatable bonds is 13. The molecule has 158 valence electrons. The van der Waals surface area contributed by atoms with E-state index in [1.165, 1.54) is 12.2 Å². The Morgan fingerprint density at radius 2 is 1.86 bits per heavy atom. The van der Waals surface area contributed by atoms with Crippen LogP contribution in [0.1, 0.15) is 51.9 Å². The Balaban J connectivity index is 2.33. The lowest BCUT2D eigenvalue weighted by molar-refractivity contribution is -0.136. The Labute approximate surface area is 167 Å². The Bertz CT molecular complexity index is 551. The van der Waals surface area contributed by atoms with Gasteiger partial charge in [0.05, 0.1) is 30.5 Å². The minimum absolute atomic E-state index is 0.0638. The second-order valence-electron chi connectivity index (χ2n) is 6.92. The van der Waals surface area contributed by atoms with E-state index in [4.69, 9.17) is 9.84 Å². The molecule has 0 amide bonds. The van der Waals surface area contributed by atoms with E-state index < -0.39 is 30.4 Å². The lowest BCUT2D eigenvalue weighted by atomic mass is 10.0. The number of aliphatic hydroxyl groups is 3. The molecule has 0 bridgehead atoms. The summed E-state index contributed by atoms with van der Waals surface area (Å²) in [6, 6.07) is 0. The molecular weight excluding hydrogens is 360 g/mol. The quantitative estimate of drug-likeness (QED) is 0.358. The van der Waals surface area contributed by atoms with E-state index in [9.17, 15) is 20.1 Å². The fourth-order valence-electron chi connectivity index (χ4n) is 2.87. The van der Waals surface area contributed by atoms with Gasteiger partial charge in [0, 0.05) is 12.8 Å². The van der Waals surface area contributed by atoms with Gasteiger partial charge in [-0.2, -0.15) is 0 Å². The molecule has 1 heterocycles. The van der Waals surface area contributed by atoms with Crippen molar-refractivity contribution in [3.63, 3.8) is 0 Å². The van der Waals surface area contributed by atoms with Crippen LogP contribution < -0.4 is 0 Å². The van der Waals surface area contributed by atoms with Gasteiger partial charge in [0.25, 0.3) is 0 Å². The lowest BCUT2D eigenvalue weighted by Crippen LogP contribution is -2.24. The molecule has 1 fully saturated rings. The number of aliphatic hydroxyl groups excluding tert-OH is 3. The molecule has 4 N–H and O–H groups in total. The zero-order valence-corrected chi connectivity index (χ0v) is 16.6. The van der Waals surface area contributed by atoms with E-state index in [-0.39, 0.29) is 12.5 Å². The number of carboxylic acid groups (broad SMARTS) is 1. The number of aliphatic carboxylic acids is 1. The Kier molecular flexibility index (Phi) is 12.4. The number of hydrogen-bond donors (Lipinski definition) is 4. The third-order valence-electron chi connectivity index (χ3n) is 4.44. The van der Waals surface area contributed by atoms with Crippen molar-refractivity contribution >= 4 is 5.97 Å². The van der Waals surface area contributed by atoms with Crippen LogP contribution in [0.3, 0.4) is 0 Å². The Morgan fingerprint density at radius 1 is 1.11 bits per heavy atom. The van der Waals surface area contributed by atoms with Gasteiger partial charge in [0.2, 0.25) is 0 Å². The van der Waals surface area contributed by atoms with Gasteiger partial charge >= 0.3 is 5.97 Å². The lowest BCUT2D eigenvalue weighted by Gasteiger charge is -2.16. The summed E-state index contributed by atoms with van der Waals surface area (Å²) in [6.45, 7) is 2.08. The molecule has 0 spiro atoms. The summed E-state index contributed by atoms with van der Waals surface area (Å²) < 4.78 is 5.76. The molecule has 6 heteroatoms. The first-order valence-electron chi connectivity index (χ1n) is 9.98. The SMILES string of the molecule is CC/C=C\C/C=C\C[C@H]1O[C@H]([C@H](O)/C=C/[C@@H](O)C/C=C\CCC(=O)O)C[C@@H]1O. The summed E-state index contributed by atoms with van der Waals surface area (Å²) in [4.78, 5) is 10.4. The number of allylic oxidation sites excluding steroid dienone is 4. The van der Waals surface area contributed by atoms with Gasteiger partial charge in [-0.25, -0.2) is 0 Å². The Hall–Kier alpha value is -1.73. The molecule has 0 aliphatic carbocycles. The molecule has 0 aromatic rings. The second-order valence-corrected chi connectivity index (χ2v) is 6.92. The third kappa shape index (κ3) is 10.6. The average Bonchev–Trinajstić information content (AvgIpc) is 3.03. The van der Waals surface area contributed by atoms with E-state index in [1.54, 1.807) is 12.2 Å². The van der Waals surface area contributed by atoms with E-state index in [0.717, 1.165) is 12.8 Å². The van der Waals surface area contributed by atoms with Crippen LogP contribution in [0.25, 0.3) is 0 Å². The molecule has 1 aliphatic heterocycles. The summed E-state index contributed by atoms with van der Waals surface area (Å²) >= 11 is 0. The molecule has 6 nitrogen and oxygen atoms in total. The molecule has 28 heavy (non-hydrogen) atoms. The van der Waals surface area contributed by atoms with Crippen LogP contribution in [-0.4, -0.2) is 56.9 Å². The molecule has 0 saturated carbocycles. The molecule has 0 radical (unpaired) electrons. The minimum atomic E-state index is -0.901. The summed E-state index contributed by atoms with van der Waals surface area (Å²) in [5, 5.41) is 38.8. The van der Waals surface area contributed by atoms with Crippen LogP contribution in [0.5, 0.6) is 0 Å². The van der Waals surface area contributed by atoms with Crippen molar-refractivity contribution in [2.75, 3.05) is 0 Å². The van der Waals surface area contributed by atoms with Gasteiger partial charge in [-0.05, 0) is 32.1 Å². The van der Waals surface area contributed by atoms with E-state index in [1.807, 2.05) is 12.2 Å². The number of carbonyl (C=O) groups is 1. The van der Waals surface area contributed by atoms with Gasteiger partial charge in [0.1, 0.15) is 0 Å². The summed E-state index contributed by atoms with van der Waals surface area (Å²) in [5.74, 6) is -0.853. The molecule has 0 aromatic heterocycles. The number of hydrogen-bond acceptors (Lipinski definition) is 5. The predicted octanol–water partition coefficient (Wildman–Crippen LogP) is 2.90. The van der Waals surface area contributed by atoms with Crippen molar-refractivity contribution in [3.05, 3.63) is 48.6 Å². The molecule has 0 aromatic carbocycles. The van der Waals surface area contributed by atoms with Crippen LogP contribution in [0.2, 0.25) is 0 Å². The van der Waals surface area contributed by atoms with Gasteiger partial charge in [-0.3, -0.25) is 4.79 Å². The number of carboxylic acids is 1. The maximum atomic E-state index is 10.4. The first kappa shape index (κ1) is 24.3. The molecule has 1 rings (SSSR count). The van der Waals surface area contributed by atoms with Crippen LogP contribution in [0.15, 0.2) is 48.6 Å². The van der Waals surface area contributed by atoms with Crippen LogP contribution in [0, 0.1) is 0 Å². The normalized spacial score (nSPS) is 25.5. The van der Waals surface area contributed by atoms with Crippen molar-refractivity contribution in [2.45, 2.75) is 82.4 Å².